The first-order chi connectivity index (χ1) is 9.85. The summed E-state index contributed by atoms with van der Waals surface area (Å²) in [5.74, 6) is -0.706. The number of terminal acetylenes is 1. The minimum absolute atomic E-state index is 0.288. The van der Waals surface area contributed by atoms with Gasteiger partial charge < -0.3 is 24.4 Å². The average molecular weight is 300 g/mol. The number of ether oxygens (including phenoxy) is 2. The zero-order valence-electron chi connectivity index (χ0n) is 11.7. The Balaban J connectivity index is 5.11. The van der Waals surface area contributed by atoms with Gasteiger partial charge in [-0.05, 0) is 0 Å². The Bertz CT molecular complexity index is 437. The van der Waals surface area contributed by atoms with E-state index in [0.29, 0.717) is 0 Å². The van der Waals surface area contributed by atoms with Crippen molar-refractivity contribution >= 4 is 23.9 Å². The number of carbonyl (C=O) groups is 4. The molecule has 0 bridgehead atoms. The van der Waals surface area contributed by atoms with E-state index in [4.69, 9.17) is 11.5 Å². The molecular weight excluding hydrogens is 284 g/mol. The second-order valence-corrected chi connectivity index (χ2v) is 3.74. The number of hydrogen-bond acceptors (Lipinski definition) is 6. The molecule has 116 valence electrons. The normalized spacial score (nSPS) is 9.19. The SMILES string of the molecule is C#CCN(CC(=O)O)C(=O)N(CC(=O)OC)CC(=O)OC. The zero-order chi connectivity index (χ0) is 16.4. The van der Waals surface area contributed by atoms with Crippen molar-refractivity contribution in [1.82, 2.24) is 9.80 Å². The lowest BCUT2D eigenvalue weighted by molar-refractivity contribution is -0.144. The number of carbonyl (C=O) groups excluding carboxylic acids is 3. The lowest BCUT2D eigenvalue weighted by Gasteiger charge is -2.27. The molecule has 0 aromatic rings. The molecule has 0 radical (unpaired) electrons. The highest BCUT2D eigenvalue weighted by atomic mass is 16.5. The quantitative estimate of drug-likeness (QED) is 0.463. The van der Waals surface area contributed by atoms with Gasteiger partial charge >= 0.3 is 23.9 Å². The molecule has 21 heavy (non-hydrogen) atoms. The van der Waals surface area contributed by atoms with Crippen LogP contribution in [0.4, 0.5) is 4.79 Å². The summed E-state index contributed by atoms with van der Waals surface area (Å²) in [5, 5.41) is 8.73. The fraction of sp³-hybridized carbons (Fsp3) is 0.500. The van der Waals surface area contributed by atoms with Gasteiger partial charge in [-0.3, -0.25) is 14.4 Å². The van der Waals surface area contributed by atoms with Crippen LogP contribution in [-0.4, -0.2) is 79.2 Å². The van der Waals surface area contributed by atoms with Gasteiger partial charge in [0.1, 0.15) is 19.6 Å². The van der Waals surface area contributed by atoms with Crippen LogP contribution in [-0.2, 0) is 23.9 Å². The Morgan fingerprint density at radius 2 is 1.48 bits per heavy atom. The molecule has 0 aromatic carbocycles. The molecule has 2 amide bonds. The van der Waals surface area contributed by atoms with E-state index in [1.54, 1.807) is 0 Å². The van der Waals surface area contributed by atoms with Crippen molar-refractivity contribution in [2.45, 2.75) is 0 Å². The monoisotopic (exact) mass is 300 g/mol. The molecule has 0 saturated heterocycles. The molecule has 0 aliphatic rings. The molecule has 0 aliphatic carbocycles. The summed E-state index contributed by atoms with van der Waals surface area (Å²) >= 11 is 0. The topological polar surface area (TPSA) is 113 Å². The maximum atomic E-state index is 12.1. The number of methoxy groups -OCH3 is 2. The zero-order valence-corrected chi connectivity index (χ0v) is 11.7. The third-order valence-electron chi connectivity index (χ3n) is 2.24. The van der Waals surface area contributed by atoms with E-state index in [-0.39, 0.29) is 6.54 Å². The first-order valence-corrected chi connectivity index (χ1v) is 5.68. The smallest absolute Gasteiger partial charge is 0.325 e. The summed E-state index contributed by atoms with van der Waals surface area (Å²) in [7, 11) is 2.22. The summed E-state index contributed by atoms with van der Waals surface area (Å²) in [6.45, 7) is -2.03. The molecule has 0 unspecified atom stereocenters. The maximum absolute atomic E-state index is 12.1. The van der Waals surface area contributed by atoms with E-state index in [2.05, 4.69) is 15.4 Å². The first-order valence-electron chi connectivity index (χ1n) is 5.68. The number of urea groups is 1. The Hall–Kier alpha value is -2.76. The van der Waals surface area contributed by atoms with E-state index in [1.165, 1.54) is 0 Å². The summed E-state index contributed by atoms with van der Waals surface area (Å²) in [6.07, 6.45) is 5.06. The molecule has 0 saturated carbocycles. The highest BCUT2D eigenvalue weighted by Gasteiger charge is 2.26. The summed E-state index contributed by atoms with van der Waals surface area (Å²) < 4.78 is 8.81. The Kier molecular flexibility index (Phi) is 7.98. The molecule has 0 aliphatic heterocycles. The standard InChI is InChI=1S/C12H16N2O7/c1-4-5-13(6-9(15)16)12(19)14(7-10(17)20-2)8-11(18)21-3/h1H,5-8H2,2-3H3,(H,15,16). The highest BCUT2D eigenvalue weighted by Crippen LogP contribution is 2.01. The van der Waals surface area contributed by atoms with Crippen LogP contribution in [0.1, 0.15) is 0 Å². The van der Waals surface area contributed by atoms with Crippen LogP contribution in [0.15, 0.2) is 0 Å². The van der Waals surface area contributed by atoms with Gasteiger partial charge in [-0.2, -0.15) is 0 Å². The third kappa shape index (κ3) is 6.81. The van der Waals surface area contributed by atoms with Crippen LogP contribution >= 0.6 is 0 Å². The Morgan fingerprint density at radius 3 is 1.81 bits per heavy atom. The molecule has 0 heterocycles. The van der Waals surface area contributed by atoms with Gasteiger partial charge in [0.05, 0.1) is 20.8 Å². The molecule has 9 nitrogen and oxygen atoms in total. The van der Waals surface area contributed by atoms with Gasteiger partial charge in [0, 0.05) is 0 Å². The predicted octanol–water partition coefficient (Wildman–Crippen LogP) is -1.23. The summed E-state index contributed by atoms with van der Waals surface area (Å²) in [6, 6.07) is -0.883. The molecule has 0 aromatic heterocycles. The van der Waals surface area contributed by atoms with E-state index in [9.17, 15) is 19.2 Å². The molecule has 0 rings (SSSR count). The van der Waals surface area contributed by atoms with Gasteiger partial charge in [0.15, 0.2) is 0 Å². The molecule has 0 atom stereocenters. The number of carboxylic acids is 1. The first kappa shape index (κ1) is 18.2. The lowest BCUT2D eigenvalue weighted by atomic mass is 10.4. The molecule has 9 heteroatoms. The van der Waals surface area contributed by atoms with E-state index in [0.717, 1.165) is 24.0 Å². The Labute approximate surface area is 121 Å². The summed E-state index contributed by atoms with van der Waals surface area (Å²) in [5.41, 5.74) is 0. The highest BCUT2D eigenvalue weighted by molar-refractivity contribution is 5.87. The second-order valence-electron chi connectivity index (χ2n) is 3.74. The van der Waals surface area contributed by atoms with Gasteiger partial charge in [0.2, 0.25) is 0 Å². The van der Waals surface area contributed by atoms with Crippen molar-refractivity contribution in [1.29, 1.82) is 0 Å². The van der Waals surface area contributed by atoms with E-state index < -0.39 is 43.6 Å². The van der Waals surface area contributed by atoms with Crippen molar-refractivity contribution < 1.29 is 33.8 Å². The second kappa shape index (κ2) is 9.19. The van der Waals surface area contributed by atoms with Gasteiger partial charge in [-0.25, -0.2) is 4.79 Å². The minimum Gasteiger partial charge on any atom is -0.480 e. The van der Waals surface area contributed by atoms with Crippen molar-refractivity contribution in [3.8, 4) is 12.3 Å². The van der Waals surface area contributed by atoms with Crippen LogP contribution in [0.3, 0.4) is 0 Å². The number of hydrogen-bond donors (Lipinski definition) is 1. The number of rotatable bonds is 7. The van der Waals surface area contributed by atoms with Gasteiger partial charge in [0.25, 0.3) is 0 Å². The van der Waals surface area contributed by atoms with E-state index >= 15 is 0 Å². The lowest BCUT2D eigenvalue weighted by Crippen LogP contribution is -2.49. The number of carboxylic acid groups (broad SMARTS) is 1. The third-order valence-corrected chi connectivity index (χ3v) is 2.24. The number of aliphatic carboxylic acids is 1. The van der Waals surface area contributed by atoms with Gasteiger partial charge in [-0.1, -0.05) is 5.92 Å². The minimum atomic E-state index is -1.28. The van der Waals surface area contributed by atoms with Crippen molar-refractivity contribution in [3.05, 3.63) is 0 Å². The molecule has 0 spiro atoms. The largest absolute Gasteiger partial charge is 0.480 e. The number of esters is 2. The average Bonchev–Trinajstić information content (AvgIpc) is 2.44. The maximum Gasteiger partial charge on any atom is 0.325 e. The predicted molar refractivity (Wildman–Crippen MR) is 69.0 cm³/mol. The fourth-order valence-corrected chi connectivity index (χ4v) is 1.30. The van der Waals surface area contributed by atoms with Crippen molar-refractivity contribution in [2.75, 3.05) is 40.4 Å². The van der Waals surface area contributed by atoms with E-state index in [1.807, 2.05) is 0 Å². The molecule has 1 N–H and O–H groups in total. The van der Waals surface area contributed by atoms with Crippen LogP contribution < -0.4 is 0 Å². The van der Waals surface area contributed by atoms with Crippen molar-refractivity contribution in [2.24, 2.45) is 0 Å². The number of amides is 2. The van der Waals surface area contributed by atoms with Crippen LogP contribution in [0.25, 0.3) is 0 Å². The number of nitrogens with zero attached hydrogens (tertiary/aromatic N) is 2. The van der Waals surface area contributed by atoms with Crippen LogP contribution in [0.5, 0.6) is 0 Å². The Morgan fingerprint density at radius 1 is 1.00 bits per heavy atom. The van der Waals surface area contributed by atoms with Gasteiger partial charge in [-0.15, -0.1) is 6.42 Å². The molecular formula is C12H16N2O7. The van der Waals surface area contributed by atoms with Crippen LogP contribution in [0, 0.1) is 12.3 Å². The molecule has 0 fully saturated rings. The van der Waals surface area contributed by atoms with Crippen LogP contribution in [0.2, 0.25) is 0 Å². The van der Waals surface area contributed by atoms with Crippen molar-refractivity contribution in [3.63, 3.8) is 0 Å². The summed E-state index contributed by atoms with van der Waals surface area (Å²) in [4.78, 5) is 47.0. The fourth-order valence-electron chi connectivity index (χ4n) is 1.30.